The van der Waals surface area contributed by atoms with Gasteiger partial charge in [0.25, 0.3) is 5.56 Å². The molecule has 0 aliphatic carbocycles. The van der Waals surface area contributed by atoms with Gasteiger partial charge in [0.1, 0.15) is 11.4 Å². The molecule has 0 radical (unpaired) electrons. The minimum atomic E-state index is -0.313. The van der Waals surface area contributed by atoms with Gasteiger partial charge >= 0.3 is 0 Å². The number of amides is 1. The Morgan fingerprint density at radius 1 is 1.11 bits per heavy atom. The van der Waals surface area contributed by atoms with Crippen molar-refractivity contribution in [1.29, 1.82) is 0 Å². The fourth-order valence-corrected chi connectivity index (χ4v) is 3.03. The highest BCUT2D eigenvalue weighted by Gasteiger charge is 2.09. The van der Waals surface area contributed by atoms with E-state index in [9.17, 15) is 9.59 Å². The third-order valence-corrected chi connectivity index (χ3v) is 4.81. The van der Waals surface area contributed by atoms with Crippen LogP contribution in [0.25, 0.3) is 0 Å². The lowest BCUT2D eigenvalue weighted by molar-refractivity contribution is -0.113. The average Bonchev–Trinajstić information content (AvgIpc) is 2.70. The molecule has 7 nitrogen and oxygen atoms in total. The van der Waals surface area contributed by atoms with E-state index in [1.807, 2.05) is 55.5 Å². The molecule has 0 saturated carbocycles. The lowest BCUT2D eigenvalue weighted by atomic mass is 10.1. The predicted molar refractivity (Wildman–Crippen MR) is 109 cm³/mol. The lowest BCUT2D eigenvalue weighted by Gasteiger charge is -2.05. The van der Waals surface area contributed by atoms with Gasteiger partial charge in [-0.05, 0) is 36.8 Å². The van der Waals surface area contributed by atoms with E-state index in [1.54, 1.807) is 7.11 Å². The van der Waals surface area contributed by atoms with Crippen LogP contribution in [0.1, 0.15) is 16.8 Å². The van der Waals surface area contributed by atoms with Crippen LogP contribution in [-0.4, -0.2) is 34.0 Å². The van der Waals surface area contributed by atoms with Gasteiger partial charge in [0, 0.05) is 12.1 Å². The summed E-state index contributed by atoms with van der Waals surface area (Å²) in [6, 6.07) is 14.9. The highest BCUT2D eigenvalue weighted by Crippen LogP contribution is 2.14. The molecular formula is C20H20N4O3S. The Labute approximate surface area is 166 Å². The smallest absolute Gasteiger partial charge is 0.273 e. The number of rotatable bonds is 7. The number of carbonyl (C=O) groups is 1. The van der Waals surface area contributed by atoms with Crippen LogP contribution in [0, 0.1) is 6.92 Å². The Bertz CT molecular complexity index is 1000. The zero-order valence-corrected chi connectivity index (χ0v) is 16.4. The molecule has 1 aromatic heterocycles. The highest BCUT2D eigenvalue weighted by atomic mass is 32.2. The number of nitrogens with one attached hydrogen (secondary N) is 2. The van der Waals surface area contributed by atoms with Gasteiger partial charge in [-0.3, -0.25) is 14.6 Å². The zero-order valence-electron chi connectivity index (χ0n) is 15.6. The van der Waals surface area contributed by atoms with Gasteiger partial charge in [-0.25, -0.2) is 0 Å². The average molecular weight is 396 g/mol. The van der Waals surface area contributed by atoms with Gasteiger partial charge in [0.05, 0.1) is 12.9 Å². The van der Waals surface area contributed by atoms with Crippen molar-refractivity contribution >= 4 is 23.4 Å². The van der Waals surface area contributed by atoms with Gasteiger partial charge < -0.3 is 10.1 Å². The summed E-state index contributed by atoms with van der Waals surface area (Å²) in [5, 5.41) is 11.1. The predicted octanol–water partition coefficient (Wildman–Crippen LogP) is 2.80. The van der Waals surface area contributed by atoms with Gasteiger partial charge in [-0.15, -0.1) is 10.2 Å². The highest BCUT2D eigenvalue weighted by molar-refractivity contribution is 7.99. The molecule has 2 aromatic carbocycles. The third kappa shape index (κ3) is 5.43. The monoisotopic (exact) mass is 396 g/mol. The van der Waals surface area contributed by atoms with Crippen molar-refractivity contribution in [3.8, 4) is 5.75 Å². The third-order valence-electron chi connectivity index (χ3n) is 3.95. The molecule has 0 saturated heterocycles. The van der Waals surface area contributed by atoms with E-state index < -0.39 is 0 Å². The standard InChI is InChI=1S/C20H20N4O3S/c1-13-3-7-15(8-4-13)21-18(25)12-28-20-22-19(26)17(23-24-20)11-14-5-9-16(27-2)10-6-14/h3-10H,11-12H2,1-2H3,(H,21,25)(H,22,24,26). The van der Waals surface area contributed by atoms with E-state index in [4.69, 9.17) is 4.74 Å². The Morgan fingerprint density at radius 3 is 2.46 bits per heavy atom. The van der Waals surface area contributed by atoms with Crippen molar-refractivity contribution in [2.75, 3.05) is 18.2 Å². The second kappa shape index (κ2) is 9.18. The Morgan fingerprint density at radius 2 is 1.82 bits per heavy atom. The van der Waals surface area contributed by atoms with Gasteiger partial charge in [-0.1, -0.05) is 41.6 Å². The van der Waals surface area contributed by atoms with Crippen LogP contribution in [0.15, 0.2) is 58.5 Å². The zero-order chi connectivity index (χ0) is 19.9. The van der Waals surface area contributed by atoms with Crippen LogP contribution in [0.5, 0.6) is 5.75 Å². The first-order valence-corrected chi connectivity index (χ1v) is 9.60. The molecule has 0 atom stereocenters. The Kier molecular flexibility index (Phi) is 6.44. The van der Waals surface area contributed by atoms with Crippen molar-refractivity contribution < 1.29 is 9.53 Å². The number of hydrogen-bond donors (Lipinski definition) is 2. The van der Waals surface area contributed by atoms with Crippen LogP contribution in [0.3, 0.4) is 0 Å². The van der Waals surface area contributed by atoms with Crippen LogP contribution in [-0.2, 0) is 11.2 Å². The molecule has 0 fully saturated rings. The van der Waals surface area contributed by atoms with Crippen LogP contribution in [0.4, 0.5) is 5.69 Å². The number of ether oxygens (including phenoxy) is 1. The molecule has 0 spiro atoms. The van der Waals surface area contributed by atoms with E-state index >= 15 is 0 Å². The number of benzene rings is 2. The summed E-state index contributed by atoms with van der Waals surface area (Å²) in [4.78, 5) is 26.9. The number of methoxy groups -OCH3 is 1. The second-order valence-electron chi connectivity index (χ2n) is 6.13. The molecule has 1 amide bonds. The first-order valence-electron chi connectivity index (χ1n) is 8.61. The van der Waals surface area contributed by atoms with E-state index in [-0.39, 0.29) is 17.2 Å². The largest absolute Gasteiger partial charge is 0.497 e. The molecule has 8 heteroatoms. The van der Waals surface area contributed by atoms with Crippen molar-refractivity contribution in [2.45, 2.75) is 18.5 Å². The number of thioether (sulfide) groups is 1. The van der Waals surface area contributed by atoms with E-state index in [2.05, 4.69) is 20.5 Å². The molecule has 0 bridgehead atoms. The SMILES string of the molecule is COc1ccc(Cc2nnc(SCC(=O)Nc3ccc(C)cc3)[nH]c2=O)cc1. The van der Waals surface area contributed by atoms with Crippen LogP contribution in [0.2, 0.25) is 0 Å². The number of nitrogens with zero attached hydrogens (tertiary/aromatic N) is 2. The molecule has 1 heterocycles. The first kappa shape index (κ1) is 19.6. The molecule has 2 N–H and O–H groups in total. The summed E-state index contributed by atoms with van der Waals surface area (Å²) in [5.41, 5.74) is 2.78. The van der Waals surface area contributed by atoms with E-state index in [1.165, 1.54) is 0 Å². The quantitative estimate of drug-likeness (QED) is 0.596. The second-order valence-corrected chi connectivity index (χ2v) is 7.10. The minimum absolute atomic E-state index is 0.121. The summed E-state index contributed by atoms with van der Waals surface area (Å²) < 4.78 is 5.12. The molecular weight excluding hydrogens is 376 g/mol. The number of aryl methyl sites for hydroxylation is 1. The summed E-state index contributed by atoms with van der Waals surface area (Å²) in [6.07, 6.45) is 0.366. The molecule has 28 heavy (non-hydrogen) atoms. The summed E-state index contributed by atoms with van der Waals surface area (Å²) in [7, 11) is 1.60. The molecule has 3 aromatic rings. The number of hydrogen-bond acceptors (Lipinski definition) is 6. The van der Waals surface area contributed by atoms with E-state index in [0.717, 1.165) is 34.3 Å². The maximum atomic E-state index is 12.2. The molecule has 0 aliphatic rings. The van der Waals surface area contributed by atoms with Crippen molar-refractivity contribution in [3.63, 3.8) is 0 Å². The fraction of sp³-hybridized carbons (Fsp3) is 0.200. The number of aromatic amines is 1. The summed E-state index contributed by atoms with van der Waals surface area (Å²) >= 11 is 1.13. The Hall–Kier alpha value is -3.13. The van der Waals surface area contributed by atoms with Crippen LogP contribution < -0.4 is 15.6 Å². The van der Waals surface area contributed by atoms with Gasteiger partial charge in [0.2, 0.25) is 5.91 Å². The van der Waals surface area contributed by atoms with Gasteiger partial charge in [0.15, 0.2) is 5.16 Å². The van der Waals surface area contributed by atoms with Crippen LogP contribution >= 0.6 is 11.8 Å². The van der Waals surface area contributed by atoms with E-state index in [0.29, 0.717) is 17.3 Å². The molecule has 144 valence electrons. The van der Waals surface area contributed by atoms with Crippen molar-refractivity contribution in [2.24, 2.45) is 0 Å². The normalized spacial score (nSPS) is 10.5. The maximum Gasteiger partial charge on any atom is 0.273 e. The van der Waals surface area contributed by atoms with Gasteiger partial charge in [-0.2, -0.15) is 0 Å². The topological polar surface area (TPSA) is 97.0 Å². The number of aromatic nitrogens is 3. The lowest BCUT2D eigenvalue weighted by Crippen LogP contribution is -2.19. The number of anilines is 1. The number of H-pyrrole nitrogens is 1. The number of carbonyl (C=O) groups excluding carboxylic acids is 1. The molecule has 3 rings (SSSR count). The van der Waals surface area contributed by atoms with Crippen molar-refractivity contribution in [1.82, 2.24) is 15.2 Å². The first-order chi connectivity index (χ1) is 13.5. The fourth-order valence-electron chi connectivity index (χ4n) is 2.43. The molecule has 0 aliphatic heterocycles. The summed E-state index contributed by atoms with van der Waals surface area (Å²) in [6.45, 7) is 1.98. The summed E-state index contributed by atoms with van der Waals surface area (Å²) in [5.74, 6) is 0.689. The Balaban J connectivity index is 1.56. The maximum absolute atomic E-state index is 12.2. The van der Waals surface area contributed by atoms with Crippen molar-refractivity contribution in [3.05, 3.63) is 75.7 Å². The minimum Gasteiger partial charge on any atom is -0.497 e. The molecule has 0 unspecified atom stereocenters.